The van der Waals surface area contributed by atoms with Gasteiger partial charge in [-0.05, 0) is 12.1 Å². The van der Waals surface area contributed by atoms with Crippen molar-refractivity contribution in [3.8, 4) is 0 Å². The zero-order chi connectivity index (χ0) is 16.7. The Hall–Kier alpha value is -2.09. The van der Waals surface area contributed by atoms with E-state index in [0.29, 0.717) is 10.0 Å². The first kappa shape index (κ1) is 15.8. The van der Waals surface area contributed by atoms with E-state index in [1.165, 1.54) is 22.2 Å². The average molecular weight is 370 g/mol. The number of carboxylic acid groups (broad SMARTS) is 1. The molecule has 0 saturated carbocycles. The summed E-state index contributed by atoms with van der Waals surface area (Å²) in [5.74, 6) is -1.72. The summed E-state index contributed by atoms with van der Waals surface area (Å²) in [7, 11) is 1.57. The second-order valence-electron chi connectivity index (χ2n) is 4.71. The number of nitrogens with zero attached hydrogens (tertiary/aromatic N) is 2. The second kappa shape index (κ2) is 5.84. The molecule has 0 bridgehead atoms. The lowest BCUT2D eigenvalue weighted by molar-refractivity contribution is 0.0690. The van der Waals surface area contributed by atoms with Gasteiger partial charge in [0.25, 0.3) is 5.91 Å². The molecule has 0 radical (unpaired) electrons. The van der Waals surface area contributed by atoms with E-state index >= 15 is 0 Å². The van der Waals surface area contributed by atoms with Gasteiger partial charge in [0.15, 0.2) is 5.69 Å². The predicted octanol–water partition coefficient (Wildman–Crippen LogP) is 3.89. The molecule has 2 N–H and O–H groups in total. The predicted molar refractivity (Wildman–Crippen MR) is 90.0 cm³/mol. The largest absolute Gasteiger partial charge is 0.476 e. The maximum atomic E-state index is 12.4. The summed E-state index contributed by atoms with van der Waals surface area (Å²) in [6, 6.07) is 5.14. The molecule has 0 aliphatic rings. The Balaban J connectivity index is 1.98. The number of fused-ring (bicyclic) bond motifs is 1. The van der Waals surface area contributed by atoms with Crippen LogP contribution in [-0.4, -0.2) is 26.8 Å². The number of aromatic carboxylic acids is 1. The van der Waals surface area contributed by atoms with Crippen LogP contribution in [0.2, 0.25) is 10.0 Å². The van der Waals surface area contributed by atoms with Crippen molar-refractivity contribution < 1.29 is 14.7 Å². The summed E-state index contributed by atoms with van der Waals surface area (Å²) in [6.07, 6.45) is 1.42. The molecule has 0 spiro atoms. The van der Waals surface area contributed by atoms with Gasteiger partial charge in [-0.3, -0.25) is 9.48 Å². The molecule has 2 heterocycles. The first-order valence-corrected chi connectivity index (χ1v) is 7.90. The van der Waals surface area contributed by atoms with Crippen LogP contribution in [0, 0.1) is 0 Å². The van der Waals surface area contributed by atoms with Crippen LogP contribution in [0.5, 0.6) is 0 Å². The van der Waals surface area contributed by atoms with Crippen molar-refractivity contribution in [1.82, 2.24) is 9.78 Å². The molecule has 2 aromatic heterocycles. The highest BCUT2D eigenvalue weighted by atomic mass is 35.5. The number of hydrogen-bond acceptors (Lipinski definition) is 4. The van der Waals surface area contributed by atoms with Crippen molar-refractivity contribution in [1.29, 1.82) is 0 Å². The third kappa shape index (κ3) is 2.90. The lowest BCUT2D eigenvalue weighted by Gasteiger charge is -2.01. The lowest BCUT2D eigenvalue weighted by atomic mass is 10.2. The number of halogens is 2. The Morgan fingerprint density at radius 2 is 2.09 bits per heavy atom. The molecule has 0 aliphatic carbocycles. The molecule has 1 amide bonds. The van der Waals surface area contributed by atoms with Crippen molar-refractivity contribution in [2.24, 2.45) is 7.05 Å². The van der Waals surface area contributed by atoms with E-state index < -0.39 is 11.9 Å². The molecule has 0 aliphatic heterocycles. The fraction of sp³-hybridized carbons (Fsp3) is 0.0714. The Morgan fingerprint density at radius 3 is 2.78 bits per heavy atom. The minimum absolute atomic E-state index is 0.108. The average Bonchev–Trinajstić information content (AvgIpc) is 2.99. The molecular formula is C14H9Cl2N3O3S. The van der Waals surface area contributed by atoms with Gasteiger partial charge in [0.2, 0.25) is 0 Å². The van der Waals surface area contributed by atoms with Gasteiger partial charge in [-0.2, -0.15) is 5.10 Å². The summed E-state index contributed by atoms with van der Waals surface area (Å²) >= 11 is 13.4. The van der Waals surface area contributed by atoms with E-state index in [-0.39, 0.29) is 16.3 Å². The lowest BCUT2D eigenvalue weighted by Crippen LogP contribution is -2.13. The Kier molecular flexibility index (Phi) is 4.01. The number of anilines is 1. The smallest absolute Gasteiger partial charge is 0.358 e. The van der Waals surface area contributed by atoms with E-state index in [9.17, 15) is 9.59 Å². The highest BCUT2D eigenvalue weighted by Gasteiger charge is 2.21. The molecule has 9 heteroatoms. The molecular weight excluding hydrogens is 361 g/mol. The summed E-state index contributed by atoms with van der Waals surface area (Å²) < 4.78 is 2.09. The zero-order valence-electron chi connectivity index (χ0n) is 11.6. The third-order valence-corrected chi connectivity index (χ3v) is 4.97. The number of rotatable bonds is 3. The van der Waals surface area contributed by atoms with Gasteiger partial charge in [0.1, 0.15) is 4.88 Å². The molecule has 0 fully saturated rings. The van der Waals surface area contributed by atoms with Gasteiger partial charge in [-0.1, -0.05) is 29.3 Å². The minimum atomic E-state index is -1.23. The third-order valence-electron chi connectivity index (χ3n) is 3.08. The molecule has 23 heavy (non-hydrogen) atoms. The summed E-state index contributed by atoms with van der Waals surface area (Å²) in [6.45, 7) is 0. The number of aryl methyl sites for hydroxylation is 1. The fourth-order valence-corrected chi connectivity index (χ4v) is 3.79. The number of carbonyl (C=O) groups excluding carboxylic acids is 1. The number of aromatic nitrogens is 2. The number of amides is 1. The molecule has 1 aromatic carbocycles. The fourth-order valence-electron chi connectivity index (χ4n) is 2.10. The van der Waals surface area contributed by atoms with Crippen LogP contribution in [0.25, 0.3) is 10.1 Å². The monoisotopic (exact) mass is 369 g/mol. The van der Waals surface area contributed by atoms with Crippen molar-refractivity contribution >= 4 is 62.2 Å². The van der Waals surface area contributed by atoms with Crippen LogP contribution < -0.4 is 5.32 Å². The van der Waals surface area contributed by atoms with Gasteiger partial charge in [0, 0.05) is 28.4 Å². The molecule has 0 atom stereocenters. The topological polar surface area (TPSA) is 84.2 Å². The Morgan fingerprint density at radius 1 is 1.35 bits per heavy atom. The quantitative estimate of drug-likeness (QED) is 0.733. The van der Waals surface area contributed by atoms with Crippen LogP contribution in [0.3, 0.4) is 0 Å². The highest BCUT2D eigenvalue weighted by molar-refractivity contribution is 7.21. The van der Waals surface area contributed by atoms with E-state index in [4.69, 9.17) is 28.3 Å². The number of benzene rings is 1. The molecule has 118 valence electrons. The van der Waals surface area contributed by atoms with Crippen LogP contribution in [-0.2, 0) is 7.05 Å². The normalized spacial score (nSPS) is 10.9. The van der Waals surface area contributed by atoms with Crippen molar-refractivity contribution in [3.63, 3.8) is 0 Å². The standard InChI is InChI=1S/C14H9Cl2N3O3S/c1-19-5-8(11(18-19)14(21)22)17-13(20)12-10(16)7-3-2-6(15)4-9(7)23-12/h2-5H,1H3,(H,17,20)(H,21,22). The Bertz CT molecular complexity index is 948. The second-order valence-corrected chi connectivity index (χ2v) is 6.58. The number of carboxylic acids is 1. The summed E-state index contributed by atoms with van der Waals surface area (Å²) in [4.78, 5) is 23.8. The van der Waals surface area contributed by atoms with E-state index in [1.54, 1.807) is 25.2 Å². The minimum Gasteiger partial charge on any atom is -0.476 e. The molecule has 0 unspecified atom stereocenters. The maximum Gasteiger partial charge on any atom is 0.358 e. The summed E-state index contributed by atoms with van der Waals surface area (Å²) in [5.41, 5.74) is -0.127. The molecule has 3 rings (SSSR count). The van der Waals surface area contributed by atoms with E-state index in [2.05, 4.69) is 10.4 Å². The molecule has 6 nitrogen and oxygen atoms in total. The number of hydrogen-bond donors (Lipinski definition) is 2. The van der Waals surface area contributed by atoms with Gasteiger partial charge < -0.3 is 10.4 Å². The summed E-state index contributed by atoms with van der Waals surface area (Å²) in [5, 5.41) is 17.0. The van der Waals surface area contributed by atoms with Gasteiger partial charge in [0.05, 0.1) is 10.7 Å². The maximum absolute atomic E-state index is 12.4. The highest BCUT2D eigenvalue weighted by Crippen LogP contribution is 2.37. The molecule has 3 aromatic rings. The van der Waals surface area contributed by atoms with Crippen molar-refractivity contribution in [2.45, 2.75) is 0 Å². The van der Waals surface area contributed by atoms with Crippen LogP contribution in [0.4, 0.5) is 5.69 Å². The first-order chi connectivity index (χ1) is 10.9. The van der Waals surface area contributed by atoms with Crippen molar-refractivity contribution in [2.75, 3.05) is 5.32 Å². The van der Waals surface area contributed by atoms with Crippen molar-refractivity contribution in [3.05, 3.63) is 45.0 Å². The first-order valence-electron chi connectivity index (χ1n) is 6.32. The number of thiophene rings is 1. The van der Waals surface area contributed by atoms with Gasteiger partial charge in [-0.15, -0.1) is 11.3 Å². The van der Waals surface area contributed by atoms with E-state index in [0.717, 1.165) is 10.1 Å². The number of carbonyl (C=O) groups is 2. The van der Waals surface area contributed by atoms with Crippen LogP contribution >= 0.6 is 34.5 Å². The van der Waals surface area contributed by atoms with Gasteiger partial charge >= 0.3 is 5.97 Å². The SMILES string of the molecule is Cn1cc(NC(=O)c2sc3cc(Cl)ccc3c2Cl)c(C(=O)O)n1. The van der Waals surface area contributed by atoms with Crippen LogP contribution in [0.1, 0.15) is 20.2 Å². The van der Waals surface area contributed by atoms with Crippen LogP contribution in [0.15, 0.2) is 24.4 Å². The molecule has 0 saturated heterocycles. The van der Waals surface area contributed by atoms with Gasteiger partial charge in [-0.25, -0.2) is 4.79 Å². The zero-order valence-corrected chi connectivity index (χ0v) is 14.0. The van der Waals surface area contributed by atoms with E-state index in [1.807, 2.05) is 0 Å². The Labute approximate surface area is 144 Å². The number of nitrogens with one attached hydrogen (secondary N) is 1.